The van der Waals surface area contributed by atoms with Crippen LogP contribution < -0.4 is 5.73 Å². The number of hydrogen-bond donors (Lipinski definition) is 6. The molecule has 16 heteroatoms. The van der Waals surface area contributed by atoms with Crippen LogP contribution in [0.5, 0.6) is 0 Å². The van der Waals surface area contributed by atoms with Gasteiger partial charge in [-0.25, -0.2) is 4.57 Å². The first-order valence-corrected chi connectivity index (χ1v) is 26.0. The molecule has 0 saturated carbocycles. The van der Waals surface area contributed by atoms with Crippen molar-refractivity contribution < 1.29 is 62.8 Å². The second-order valence-electron chi connectivity index (χ2n) is 15.6. The number of aliphatic carboxylic acids is 1. The average molecular weight is 956 g/mol. The molecule has 0 fully saturated rings. The van der Waals surface area contributed by atoms with Crippen LogP contribution in [-0.4, -0.2) is 105 Å². The number of rotatable bonds is 43. The zero-order valence-electron chi connectivity index (χ0n) is 39.1. The van der Waals surface area contributed by atoms with Gasteiger partial charge in [0.15, 0.2) is 6.10 Å². The number of allylic oxidation sites excluding steroid dienone is 13. The van der Waals surface area contributed by atoms with Crippen LogP contribution in [0.25, 0.3) is 0 Å². The second kappa shape index (κ2) is 43.5. The predicted octanol–water partition coefficient (Wildman–Crippen LogP) is 9.54. The maximum atomic E-state index is 13.0. The molecule has 0 bridgehead atoms. The average Bonchev–Trinajstić information content (AvgIpc) is 3.28. The third-order valence-electron chi connectivity index (χ3n) is 9.52. The number of carbonyl (C=O) groups is 3. The Hall–Kier alpha value is -3.11. The van der Waals surface area contributed by atoms with Crippen molar-refractivity contribution in [1.82, 2.24) is 0 Å². The highest BCUT2D eigenvalue weighted by atomic mass is 32.2. The molecule has 0 amide bonds. The van der Waals surface area contributed by atoms with Gasteiger partial charge in [0.05, 0.1) is 25.9 Å². The van der Waals surface area contributed by atoms with Gasteiger partial charge in [-0.1, -0.05) is 144 Å². The van der Waals surface area contributed by atoms with Crippen LogP contribution in [0.15, 0.2) is 85.1 Å². The van der Waals surface area contributed by atoms with Crippen molar-refractivity contribution in [2.45, 2.75) is 172 Å². The number of carboxylic acids is 1. The Balaban J connectivity index is 5.23. The molecule has 0 aliphatic rings. The van der Waals surface area contributed by atoms with E-state index in [0.29, 0.717) is 12.8 Å². The number of unbranched alkanes of at least 4 members (excludes halogenated alkanes) is 10. The van der Waals surface area contributed by atoms with Crippen molar-refractivity contribution in [1.29, 1.82) is 0 Å². The number of nitrogens with two attached hydrogens (primary N) is 1. The molecule has 0 radical (unpaired) electrons. The predicted molar refractivity (Wildman–Crippen MR) is 261 cm³/mol. The summed E-state index contributed by atoms with van der Waals surface area (Å²) in [4.78, 5) is 46.8. The molecule has 0 heterocycles. The van der Waals surface area contributed by atoms with Crippen molar-refractivity contribution in [2.75, 3.05) is 32.2 Å². The van der Waals surface area contributed by atoms with Gasteiger partial charge in [0, 0.05) is 23.8 Å². The zero-order chi connectivity index (χ0) is 48.2. The van der Waals surface area contributed by atoms with Crippen molar-refractivity contribution in [2.24, 2.45) is 5.73 Å². The Labute approximate surface area is 393 Å². The Morgan fingerprint density at radius 1 is 0.677 bits per heavy atom. The number of thioether (sulfide) groups is 1. The minimum Gasteiger partial charge on any atom is -0.481 e. The summed E-state index contributed by atoms with van der Waals surface area (Å²) in [6.45, 7) is 1.70. The molecule has 14 nitrogen and oxygen atoms in total. The van der Waals surface area contributed by atoms with E-state index in [1.54, 1.807) is 18.2 Å². The van der Waals surface area contributed by atoms with Crippen LogP contribution in [-0.2, 0) is 37.5 Å². The zero-order valence-corrected chi connectivity index (χ0v) is 40.8. The summed E-state index contributed by atoms with van der Waals surface area (Å²) in [6.07, 6.45) is 41.7. The quantitative estimate of drug-likeness (QED) is 0.0110. The number of aliphatic hydroxyl groups excluding tert-OH is 3. The highest BCUT2D eigenvalue weighted by Crippen LogP contribution is 2.43. The van der Waals surface area contributed by atoms with Gasteiger partial charge in [0.1, 0.15) is 18.8 Å². The minimum atomic E-state index is -4.77. The van der Waals surface area contributed by atoms with E-state index in [1.165, 1.54) is 69.5 Å². The molecule has 7 N–H and O–H groups in total. The SMILES string of the molecule is CCCCC/C=C\C\C=C/C=C/C=C/[C@@H](SC[C@H](N)C(=O)OC[C@H](COP(=O)(O)OC[C@@H](O)CO)OC(=O)CCC/C=C\C/C=C\C/C=C\CCCCCCCC)[C@@H](O)CCCC(=O)O. The lowest BCUT2D eigenvalue weighted by Crippen LogP contribution is -2.38. The number of hydrogen-bond acceptors (Lipinski definition) is 13. The Kier molecular flexibility index (Phi) is 41.4. The number of phosphoric acid groups is 1. The molecule has 0 saturated heterocycles. The molecule has 0 aromatic carbocycles. The van der Waals surface area contributed by atoms with E-state index >= 15 is 0 Å². The van der Waals surface area contributed by atoms with Gasteiger partial charge in [-0.2, -0.15) is 0 Å². The summed E-state index contributed by atoms with van der Waals surface area (Å²) in [7, 11) is -4.77. The van der Waals surface area contributed by atoms with Gasteiger partial charge in [-0.3, -0.25) is 23.4 Å². The van der Waals surface area contributed by atoms with Crippen LogP contribution in [0.1, 0.15) is 142 Å². The van der Waals surface area contributed by atoms with Gasteiger partial charge < -0.3 is 40.5 Å². The van der Waals surface area contributed by atoms with Crippen molar-refractivity contribution in [3.05, 3.63) is 85.1 Å². The molecule has 0 rings (SSSR count). The lowest BCUT2D eigenvalue weighted by Gasteiger charge is -2.22. The van der Waals surface area contributed by atoms with Crippen LogP contribution in [0.2, 0.25) is 0 Å². The van der Waals surface area contributed by atoms with E-state index in [9.17, 15) is 34.1 Å². The molecule has 0 aromatic heterocycles. The van der Waals surface area contributed by atoms with E-state index in [0.717, 1.165) is 32.1 Å². The topological polar surface area (TPSA) is 232 Å². The van der Waals surface area contributed by atoms with Gasteiger partial charge >= 0.3 is 25.7 Å². The molecule has 372 valence electrons. The van der Waals surface area contributed by atoms with Gasteiger partial charge in [-0.05, 0) is 70.6 Å². The van der Waals surface area contributed by atoms with Crippen molar-refractivity contribution >= 4 is 37.5 Å². The molecular weight excluding hydrogens is 874 g/mol. The maximum absolute atomic E-state index is 13.0. The number of aliphatic hydroxyl groups is 3. The summed E-state index contributed by atoms with van der Waals surface area (Å²) in [5, 5.41) is 37.9. The van der Waals surface area contributed by atoms with E-state index in [1.807, 2.05) is 30.4 Å². The first kappa shape index (κ1) is 61.9. The van der Waals surface area contributed by atoms with Gasteiger partial charge in [0.25, 0.3) is 0 Å². The van der Waals surface area contributed by atoms with E-state index < -0.39 is 81.8 Å². The fourth-order valence-corrected chi connectivity index (χ4v) is 7.66. The first-order chi connectivity index (χ1) is 31.3. The molecule has 65 heavy (non-hydrogen) atoms. The number of esters is 2. The summed E-state index contributed by atoms with van der Waals surface area (Å²) in [5.74, 6) is -2.50. The standard InChI is InChI=1S/C49H82NO13PS/c1-3-5-7-9-11-13-15-17-18-19-20-21-23-25-27-29-31-36-48(56)63-43(40-62-64(58,59)61-38-42(52)37-51)39-60-49(57)44(50)41-65-46(45(53)33-32-35-47(54)55)34-30-28-26-24-22-16-14-12-10-8-6-4-2/h12,14,17-18,20-22,24-28,30,34,42-46,51-53H,3-11,13,15-16,19,23,29,31-33,35-41,50H2,1-2H3,(H,54,55)(H,58,59)/b14-12-,18-17-,21-20-,24-22-,27-25-,28-26+,34-30+/t42-,43+,44-,45-,46+/m0/s1. The van der Waals surface area contributed by atoms with E-state index in [4.69, 9.17) is 29.9 Å². The highest BCUT2D eigenvalue weighted by molar-refractivity contribution is 8.00. The third-order valence-corrected chi connectivity index (χ3v) is 11.9. The number of carbonyl (C=O) groups excluding carboxylic acids is 2. The van der Waals surface area contributed by atoms with Crippen LogP contribution >= 0.6 is 19.6 Å². The molecule has 6 atom stereocenters. The normalized spacial score (nSPS) is 15.8. The Morgan fingerprint density at radius 2 is 1.23 bits per heavy atom. The Bertz CT molecular complexity index is 1480. The molecule has 0 aliphatic heterocycles. The fraction of sp³-hybridized carbons (Fsp3) is 0.653. The summed E-state index contributed by atoms with van der Waals surface area (Å²) < 4.78 is 32.8. The summed E-state index contributed by atoms with van der Waals surface area (Å²) >= 11 is 1.18. The fourth-order valence-electron chi connectivity index (χ4n) is 5.74. The summed E-state index contributed by atoms with van der Waals surface area (Å²) in [6, 6.07) is -1.19. The lowest BCUT2D eigenvalue weighted by atomic mass is 10.1. The molecule has 0 aromatic rings. The maximum Gasteiger partial charge on any atom is 0.472 e. The highest BCUT2D eigenvalue weighted by Gasteiger charge is 2.28. The monoisotopic (exact) mass is 956 g/mol. The molecule has 0 aliphatic carbocycles. The van der Waals surface area contributed by atoms with Gasteiger partial charge in [0.2, 0.25) is 0 Å². The lowest BCUT2D eigenvalue weighted by molar-refractivity contribution is -0.161. The van der Waals surface area contributed by atoms with Crippen LogP contribution in [0, 0.1) is 0 Å². The first-order valence-electron chi connectivity index (χ1n) is 23.5. The Morgan fingerprint density at radius 3 is 1.88 bits per heavy atom. The largest absolute Gasteiger partial charge is 0.481 e. The van der Waals surface area contributed by atoms with Crippen molar-refractivity contribution in [3.63, 3.8) is 0 Å². The van der Waals surface area contributed by atoms with Gasteiger partial charge in [-0.15, -0.1) is 11.8 Å². The van der Waals surface area contributed by atoms with Crippen LogP contribution in [0.3, 0.4) is 0 Å². The van der Waals surface area contributed by atoms with E-state index in [-0.39, 0.29) is 31.4 Å². The second-order valence-corrected chi connectivity index (χ2v) is 18.3. The van der Waals surface area contributed by atoms with Crippen molar-refractivity contribution in [3.8, 4) is 0 Å². The van der Waals surface area contributed by atoms with E-state index in [2.05, 4.69) is 54.8 Å². The summed E-state index contributed by atoms with van der Waals surface area (Å²) in [5.41, 5.74) is 6.15. The molecule has 0 spiro atoms. The third kappa shape index (κ3) is 40.9. The molecule has 1 unspecified atom stereocenters. The number of ether oxygens (including phenoxy) is 2. The smallest absolute Gasteiger partial charge is 0.472 e. The van der Waals surface area contributed by atoms with Crippen LogP contribution in [0.4, 0.5) is 0 Å². The number of carboxylic acid groups (broad SMARTS) is 1. The minimum absolute atomic E-state index is 0.00548. The molecular formula is C49H82NO13PS. The number of phosphoric ester groups is 1.